The van der Waals surface area contributed by atoms with Crippen LogP contribution < -0.4 is 11.1 Å². The lowest BCUT2D eigenvalue weighted by Gasteiger charge is -2.38. The molecule has 1 aromatic heterocycles. The molecule has 1 aromatic carbocycles. The van der Waals surface area contributed by atoms with E-state index in [-0.39, 0.29) is 18.1 Å². The molecule has 0 saturated heterocycles. The molecule has 0 bridgehead atoms. The number of nitrogens with two attached hydrogens (primary N) is 1. The lowest BCUT2D eigenvalue weighted by molar-refractivity contribution is 0.0240. The van der Waals surface area contributed by atoms with Crippen LogP contribution in [0.4, 0.5) is 5.69 Å². The van der Waals surface area contributed by atoms with Gasteiger partial charge in [-0.2, -0.15) is 0 Å². The van der Waals surface area contributed by atoms with Gasteiger partial charge in [0, 0.05) is 6.04 Å². The zero-order chi connectivity index (χ0) is 15.5. The number of hydrogen-bond acceptors (Lipinski definition) is 4. The fourth-order valence-electron chi connectivity index (χ4n) is 2.90. The van der Waals surface area contributed by atoms with Gasteiger partial charge in [-0.15, -0.1) is 11.3 Å². The molecular weight excluding hydrogens is 296 g/mol. The van der Waals surface area contributed by atoms with Crippen LogP contribution in [0, 0.1) is 5.92 Å². The van der Waals surface area contributed by atoms with Crippen LogP contribution >= 0.6 is 11.3 Å². The highest BCUT2D eigenvalue weighted by Crippen LogP contribution is 2.32. The van der Waals surface area contributed by atoms with Crippen LogP contribution in [-0.4, -0.2) is 23.2 Å². The van der Waals surface area contributed by atoms with Crippen molar-refractivity contribution in [1.29, 1.82) is 0 Å². The fraction of sp³-hybridized carbons (Fsp3) is 0.353. The third-order valence-electron chi connectivity index (χ3n) is 4.24. The summed E-state index contributed by atoms with van der Waals surface area (Å²) in [5.41, 5.74) is 7.54. The molecule has 5 heteroatoms. The molecule has 1 atom stereocenters. The highest BCUT2D eigenvalue weighted by Gasteiger charge is 2.35. The molecule has 2 aromatic rings. The second kappa shape index (κ2) is 6.50. The predicted octanol–water partition coefficient (Wildman–Crippen LogP) is 2.44. The summed E-state index contributed by atoms with van der Waals surface area (Å²) in [4.78, 5) is 13.0. The number of carbonyl (C=O) groups is 1. The van der Waals surface area contributed by atoms with Gasteiger partial charge in [0.2, 0.25) is 0 Å². The lowest BCUT2D eigenvalue weighted by atomic mass is 9.75. The number of aliphatic hydroxyl groups is 1. The summed E-state index contributed by atoms with van der Waals surface area (Å²) >= 11 is 1.36. The number of amides is 1. The molecule has 1 aliphatic carbocycles. The Labute approximate surface area is 134 Å². The number of nitrogens with one attached hydrogen (secondary N) is 1. The first-order chi connectivity index (χ1) is 10.6. The van der Waals surface area contributed by atoms with Crippen LogP contribution in [-0.2, 0) is 6.42 Å². The Balaban J connectivity index is 1.71. The number of nitrogen functional groups attached to an aromatic ring is 1. The lowest BCUT2D eigenvalue weighted by Crippen LogP contribution is -2.48. The summed E-state index contributed by atoms with van der Waals surface area (Å²) in [7, 11) is 0. The minimum atomic E-state index is -0.230. The Morgan fingerprint density at radius 3 is 2.64 bits per heavy atom. The van der Waals surface area contributed by atoms with E-state index in [1.54, 1.807) is 6.07 Å². The standard InChI is InChI=1S/C17H20N2O2S/c18-14-6-7-22-16(14)17(21)19-15(12-9-13(20)10-12)8-11-4-2-1-3-5-11/h1-7,12-13,15,20H,8-10,18H2,(H,19,21). The van der Waals surface area contributed by atoms with E-state index < -0.39 is 0 Å². The first-order valence-corrected chi connectivity index (χ1v) is 8.37. The third-order valence-corrected chi connectivity index (χ3v) is 5.16. The summed E-state index contributed by atoms with van der Waals surface area (Å²) in [6.07, 6.45) is 2.04. The number of aliphatic hydroxyl groups excluding tert-OH is 1. The van der Waals surface area contributed by atoms with E-state index in [2.05, 4.69) is 17.4 Å². The summed E-state index contributed by atoms with van der Waals surface area (Å²) in [5, 5.41) is 14.5. The van der Waals surface area contributed by atoms with E-state index in [1.807, 2.05) is 23.6 Å². The van der Waals surface area contributed by atoms with Crippen molar-refractivity contribution in [3.63, 3.8) is 0 Å². The van der Waals surface area contributed by atoms with Crippen molar-refractivity contribution in [2.75, 3.05) is 5.73 Å². The van der Waals surface area contributed by atoms with E-state index in [0.29, 0.717) is 16.5 Å². The molecule has 4 nitrogen and oxygen atoms in total. The molecule has 116 valence electrons. The highest BCUT2D eigenvalue weighted by molar-refractivity contribution is 7.12. The van der Waals surface area contributed by atoms with Crippen LogP contribution in [0.5, 0.6) is 0 Å². The first-order valence-electron chi connectivity index (χ1n) is 7.49. The minimum absolute atomic E-state index is 0.0276. The van der Waals surface area contributed by atoms with Crippen molar-refractivity contribution in [2.45, 2.75) is 31.4 Å². The van der Waals surface area contributed by atoms with E-state index in [0.717, 1.165) is 19.3 Å². The van der Waals surface area contributed by atoms with Crippen LogP contribution in [0.2, 0.25) is 0 Å². The van der Waals surface area contributed by atoms with Crippen LogP contribution in [0.25, 0.3) is 0 Å². The van der Waals surface area contributed by atoms with Gasteiger partial charge in [0.05, 0.1) is 11.8 Å². The largest absolute Gasteiger partial charge is 0.397 e. The molecule has 0 spiro atoms. The molecule has 4 N–H and O–H groups in total. The van der Waals surface area contributed by atoms with E-state index in [1.165, 1.54) is 16.9 Å². The van der Waals surface area contributed by atoms with Gasteiger partial charge < -0.3 is 16.2 Å². The average molecular weight is 316 g/mol. The Morgan fingerprint density at radius 1 is 1.32 bits per heavy atom. The van der Waals surface area contributed by atoms with Gasteiger partial charge in [0.25, 0.3) is 5.91 Å². The van der Waals surface area contributed by atoms with E-state index in [4.69, 9.17) is 5.73 Å². The van der Waals surface area contributed by atoms with Crippen LogP contribution in [0.1, 0.15) is 28.1 Å². The minimum Gasteiger partial charge on any atom is -0.397 e. The Kier molecular flexibility index (Phi) is 4.45. The molecule has 1 heterocycles. The predicted molar refractivity (Wildman–Crippen MR) is 88.9 cm³/mol. The van der Waals surface area contributed by atoms with E-state index in [9.17, 15) is 9.90 Å². The molecule has 0 radical (unpaired) electrons. The monoisotopic (exact) mass is 316 g/mol. The summed E-state index contributed by atoms with van der Waals surface area (Å²) < 4.78 is 0. The van der Waals surface area contributed by atoms with Gasteiger partial charge in [-0.25, -0.2) is 0 Å². The zero-order valence-corrected chi connectivity index (χ0v) is 13.1. The molecule has 1 amide bonds. The van der Waals surface area contributed by atoms with Crippen LogP contribution in [0.3, 0.4) is 0 Å². The van der Waals surface area contributed by atoms with Crippen molar-refractivity contribution < 1.29 is 9.90 Å². The normalized spacial score (nSPS) is 21.9. The van der Waals surface area contributed by atoms with Crippen molar-refractivity contribution in [1.82, 2.24) is 5.32 Å². The van der Waals surface area contributed by atoms with E-state index >= 15 is 0 Å². The third kappa shape index (κ3) is 3.31. The summed E-state index contributed by atoms with van der Waals surface area (Å²) in [6.45, 7) is 0. The number of benzene rings is 1. The van der Waals surface area contributed by atoms with Gasteiger partial charge in [0.15, 0.2) is 0 Å². The second-order valence-electron chi connectivity index (χ2n) is 5.86. The maximum absolute atomic E-state index is 12.4. The quantitative estimate of drug-likeness (QED) is 0.793. The molecule has 0 aliphatic heterocycles. The van der Waals surface area contributed by atoms with Crippen molar-refractivity contribution in [2.24, 2.45) is 5.92 Å². The van der Waals surface area contributed by atoms with Crippen molar-refractivity contribution in [3.8, 4) is 0 Å². The fourth-order valence-corrected chi connectivity index (χ4v) is 3.62. The SMILES string of the molecule is Nc1ccsc1C(=O)NC(Cc1ccccc1)C1CC(O)C1. The Hall–Kier alpha value is -1.85. The molecule has 1 saturated carbocycles. The number of rotatable bonds is 5. The number of carbonyl (C=O) groups excluding carboxylic acids is 1. The zero-order valence-electron chi connectivity index (χ0n) is 12.2. The summed E-state index contributed by atoms with van der Waals surface area (Å²) in [5.74, 6) is 0.204. The molecule has 1 unspecified atom stereocenters. The average Bonchev–Trinajstić information content (AvgIpc) is 2.91. The van der Waals surface area contributed by atoms with Gasteiger partial charge in [-0.3, -0.25) is 4.79 Å². The van der Waals surface area contributed by atoms with Gasteiger partial charge in [-0.05, 0) is 42.2 Å². The summed E-state index contributed by atoms with van der Waals surface area (Å²) in [6, 6.07) is 11.9. The number of thiophene rings is 1. The van der Waals surface area contributed by atoms with Crippen molar-refractivity contribution in [3.05, 3.63) is 52.2 Å². The molecular formula is C17H20N2O2S. The molecule has 1 fully saturated rings. The number of anilines is 1. The van der Waals surface area contributed by atoms with Crippen molar-refractivity contribution >= 4 is 22.9 Å². The molecule has 3 rings (SSSR count). The molecule has 22 heavy (non-hydrogen) atoms. The second-order valence-corrected chi connectivity index (χ2v) is 6.78. The highest BCUT2D eigenvalue weighted by atomic mass is 32.1. The van der Waals surface area contributed by atoms with Crippen LogP contribution in [0.15, 0.2) is 41.8 Å². The first kappa shape index (κ1) is 15.1. The number of hydrogen-bond donors (Lipinski definition) is 3. The smallest absolute Gasteiger partial charge is 0.263 e. The van der Waals surface area contributed by atoms with Gasteiger partial charge in [-0.1, -0.05) is 30.3 Å². The van der Waals surface area contributed by atoms with Gasteiger partial charge in [0.1, 0.15) is 4.88 Å². The topological polar surface area (TPSA) is 75.4 Å². The van der Waals surface area contributed by atoms with Gasteiger partial charge >= 0.3 is 0 Å². The maximum atomic E-state index is 12.4. The molecule has 1 aliphatic rings. The maximum Gasteiger partial charge on any atom is 0.263 e. The Bertz CT molecular complexity index is 635. The Morgan fingerprint density at radius 2 is 2.05 bits per heavy atom.